The molecule has 2 heterocycles. The molecular weight excluding hydrogens is 220 g/mol. The first-order chi connectivity index (χ1) is 8.40. The van der Waals surface area contributed by atoms with Crippen LogP contribution in [-0.2, 0) is 5.41 Å². The molecule has 2 heteroatoms. The second kappa shape index (κ2) is 3.61. The molecule has 0 radical (unpaired) electrons. The molecule has 0 bridgehead atoms. The van der Waals surface area contributed by atoms with Gasteiger partial charge in [0.1, 0.15) is 0 Å². The summed E-state index contributed by atoms with van der Waals surface area (Å²) in [5, 5.41) is 5.03. The number of aromatic nitrogens is 1. The Morgan fingerprint density at radius 1 is 1.22 bits per heavy atom. The lowest BCUT2D eigenvalue weighted by atomic mass is 9.78. The van der Waals surface area contributed by atoms with Crippen LogP contribution in [0, 0.1) is 13.8 Å². The maximum Gasteiger partial charge on any atom is 0.0464 e. The summed E-state index contributed by atoms with van der Waals surface area (Å²) in [5.41, 5.74) is 7.10. The van der Waals surface area contributed by atoms with Crippen molar-refractivity contribution >= 4 is 10.9 Å². The second-order valence-electron chi connectivity index (χ2n) is 6.40. The zero-order valence-electron chi connectivity index (χ0n) is 11.9. The highest BCUT2D eigenvalue weighted by Crippen LogP contribution is 2.40. The molecule has 2 N–H and O–H groups in total. The molecule has 1 unspecified atom stereocenters. The SMILES string of the molecule is Cc1cc(C)c2c3c([nH]c2c1)C(C)NCC3(C)C. The maximum absolute atomic E-state index is 3.64. The van der Waals surface area contributed by atoms with Gasteiger partial charge in [0.25, 0.3) is 0 Å². The monoisotopic (exact) mass is 242 g/mol. The number of hydrogen-bond acceptors (Lipinski definition) is 1. The molecule has 0 aliphatic carbocycles. The Kier molecular flexibility index (Phi) is 2.36. The first-order valence-corrected chi connectivity index (χ1v) is 6.77. The van der Waals surface area contributed by atoms with Crippen LogP contribution in [0.5, 0.6) is 0 Å². The Labute approximate surface area is 109 Å². The number of aryl methyl sites for hydroxylation is 2. The first-order valence-electron chi connectivity index (χ1n) is 6.77. The summed E-state index contributed by atoms with van der Waals surface area (Å²) in [6, 6.07) is 4.98. The lowest BCUT2D eigenvalue weighted by Gasteiger charge is -2.35. The van der Waals surface area contributed by atoms with Gasteiger partial charge in [-0.1, -0.05) is 19.9 Å². The van der Waals surface area contributed by atoms with Crippen LogP contribution in [0.2, 0.25) is 0 Å². The van der Waals surface area contributed by atoms with Gasteiger partial charge in [-0.25, -0.2) is 0 Å². The third-order valence-corrected chi connectivity index (χ3v) is 4.23. The van der Waals surface area contributed by atoms with Crippen LogP contribution >= 0.6 is 0 Å². The normalized spacial score (nSPS) is 22.2. The Morgan fingerprint density at radius 3 is 2.67 bits per heavy atom. The summed E-state index contributed by atoms with van der Waals surface area (Å²) in [5.74, 6) is 0. The molecule has 0 amide bonds. The number of nitrogens with one attached hydrogen (secondary N) is 2. The van der Waals surface area contributed by atoms with Crippen molar-refractivity contribution in [2.24, 2.45) is 0 Å². The van der Waals surface area contributed by atoms with Crippen LogP contribution in [0.4, 0.5) is 0 Å². The summed E-state index contributed by atoms with van der Waals surface area (Å²) in [6.45, 7) is 12.3. The van der Waals surface area contributed by atoms with E-state index in [0.717, 1.165) is 6.54 Å². The number of rotatable bonds is 0. The van der Waals surface area contributed by atoms with E-state index in [0.29, 0.717) is 6.04 Å². The summed E-state index contributed by atoms with van der Waals surface area (Å²) in [4.78, 5) is 3.64. The van der Waals surface area contributed by atoms with Gasteiger partial charge in [-0.15, -0.1) is 0 Å². The van der Waals surface area contributed by atoms with Crippen LogP contribution < -0.4 is 5.32 Å². The number of H-pyrrole nitrogens is 1. The zero-order valence-corrected chi connectivity index (χ0v) is 11.9. The van der Waals surface area contributed by atoms with E-state index >= 15 is 0 Å². The van der Waals surface area contributed by atoms with Crippen molar-refractivity contribution in [3.8, 4) is 0 Å². The van der Waals surface area contributed by atoms with Crippen molar-refractivity contribution in [2.45, 2.75) is 46.1 Å². The third-order valence-electron chi connectivity index (χ3n) is 4.23. The van der Waals surface area contributed by atoms with E-state index in [1.165, 1.54) is 33.3 Å². The van der Waals surface area contributed by atoms with Crippen LogP contribution in [0.25, 0.3) is 10.9 Å². The van der Waals surface area contributed by atoms with Gasteiger partial charge in [-0.2, -0.15) is 0 Å². The van der Waals surface area contributed by atoms with Gasteiger partial charge in [0.05, 0.1) is 0 Å². The smallest absolute Gasteiger partial charge is 0.0464 e. The fourth-order valence-corrected chi connectivity index (χ4v) is 3.37. The Hall–Kier alpha value is -1.28. The van der Waals surface area contributed by atoms with Gasteiger partial charge in [-0.3, -0.25) is 0 Å². The van der Waals surface area contributed by atoms with E-state index in [9.17, 15) is 0 Å². The van der Waals surface area contributed by atoms with Gasteiger partial charge in [0, 0.05) is 34.6 Å². The molecule has 0 saturated carbocycles. The Morgan fingerprint density at radius 2 is 1.94 bits per heavy atom. The number of aromatic amines is 1. The first kappa shape index (κ1) is 11.8. The number of hydrogen-bond donors (Lipinski definition) is 2. The summed E-state index contributed by atoms with van der Waals surface area (Å²) in [7, 11) is 0. The lowest BCUT2D eigenvalue weighted by Crippen LogP contribution is -2.40. The number of benzene rings is 1. The average Bonchev–Trinajstić information content (AvgIpc) is 2.65. The number of fused-ring (bicyclic) bond motifs is 3. The fourth-order valence-electron chi connectivity index (χ4n) is 3.37. The second-order valence-corrected chi connectivity index (χ2v) is 6.40. The molecule has 96 valence electrons. The van der Waals surface area contributed by atoms with Gasteiger partial charge in [-0.05, 0) is 43.5 Å². The lowest BCUT2D eigenvalue weighted by molar-refractivity contribution is 0.394. The highest BCUT2D eigenvalue weighted by Gasteiger charge is 2.34. The highest BCUT2D eigenvalue weighted by molar-refractivity contribution is 5.90. The Bertz CT molecular complexity index is 620. The fraction of sp³-hybridized carbons (Fsp3) is 0.500. The predicted octanol–water partition coefficient (Wildman–Crippen LogP) is 3.73. The minimum absolute atomic E-state index is 0.195. The maximum atomic E-state index is 3.64. The molecule has 1 aromatic heterocycles. The summed E-state index contributed by atoms with van der Waals surface area (Å²) < 4.78 is 0. The zero-order chi connectivity index (χ0) is 13.1. The minimum atomic E-state index is 0.195. The average molecular weight is 242 g/mol. The molecule has 1 atom stereocenters. The largest absolute Gasteiger partial charge is 0.357 e. The van der Waals surface area contributed by atoms with Crippen LogP contribution in [-0.4, -0.2) is 11.5 Å². The van der Waals surface area contributed by atoms with Crippen LogP contribution in [0.1, 0.15) is 49.2 Å². The van der Waals surface area contributed by atoms with Crippen molar-refractivity contribution < 1.29 is 0 Å². The van der Waals surface area contributed by atoms with Crippen molar-refractivity contribution in [3.63, 3.8) is 0 Å². The molecule has 0 saturated heterocycles. The van der Waals surface area contributed by atoms with Crippen molar-refractivity contribution in [3.05, 3.63) is 34.5 Å². The molecule has 3 rings (SSSR count). The molecule has 0 spiro atoms. The van der Waals surface area contributed by atoms with E-state index in [1.54, 1.807) is 0 Å². The minimum Gasteiger partial charge on any atom is -0.357 e. The van der Waals surface area contributed by atoms with Crippen LogP contribution in [0.15, 0.2) is 12.1 Å². The standard InChI is InChI=1S/C16H22N2/c1-9-6-10(2)13-12(7-9)18-15-11(3)17-8-16(4,5)14(13)15/h6-7,11,17-18H,8H2,1-5H3. The third kappa shape index (κ3) is 1.52. The topological polar surface area (TPSA) is 27.8 Å². The molecule has 1 aliphatic heterocycles. The molecule has 0 fully saturated rings. The molecule has 2 nitrogen and oxygen atoms in total. The molecule has 1 aromatic carbocycles. The van der Waals surface area contributed by atoms with E-state index < -0.39 is 0 Å². The predicted molar refractivity (Wildman–Crippen MR) is 77.2 cm³/mol. The van der Waals surface area contributed by atoms with Gasteiger partial charge in [0.2, 0.25) is 0 Å². The van der Waals surface area contributed by atoms with Crippen molar-refractivity contribution in [1.82, 2.24) is 10.3 Å². The van der Waals surface area contributed by atoms with E-state index in [2.05, 4.69) is 57.1 Å². The molecular formula is C16H22N2. The van der Waals surface area contributed by atoms with Crippen molar-refractivity contribution in [2.75, 3.05) is 6.54 Å². The van der Waals surface area contributed by atoms with E-state index in [4.69, 9.17) is 0 Å². The van der Waals surface area contributed by atoms with Gasteiger partial charge < -0.3 is 10.3 Å². The van der Waals surface area contributed by atoms with Crippen molar-refractivity contribution in [1.29, 1.82) is 0 Å². The molecule has 2 aromatic rings. The van der Waals surface area contributed by atoms with Crippen LogP contribution in [0.3, 0.4) is 0 Å². The van der Waals surface area contributed by atoms with E-state index in [-0.39, 0.29) is 5.41 Å². The van der Waals surface area contributed by atoms with E-state index in [1.807, 2.05) is 0 Å². The van der Waals surface area contributed by atoms with Gasteiger partial charge in [0.15, 0.2) is 0 Å². The summed E-state index contributed by atoms with van der Waals surface area (Å²) >= 11 is 0. The Balaban J connectivity index is 2.42. The summed E-state index contributed by atoms with van der Waals surface area (Å²) in [6.07, 6.45) is 0. The quantitative estimate of drug-likeness (QED) is 0.724. The highest BCUT2D eigenvalue weighted by atomic mass is 15.0. The molecule has 1 aliphatic rings. The molecule has 18 heavy (non-hydrogen) atoms. The van der Waals surface area contributed by atoms with Gasteiger partial charge >= 0.3 is 0 Å².